The standard InChI is InChI=1S/C7H7N.Mg.H4O4Si.2H/c1-2-7-5-3-4-6-8-7;;1-5(2,3)4;;/h2-6H,1H2;;1-4H;;. The van der Waals surface area contributed by atoms with Crippen molar-refractivity contribution in [1.29, 1.82) is 0 Å². The molecule has 0 atom stereocenters. The minimum atomic E-state index is -4.61. The molecule has 0 aliphatic carbocycles. The average Bonchev–Trinajstić information content (AvgIpc) is 2.03. The van der Waals surface area contributed by atoms with Crippen molar-refractivity contribution in [1.82, 2.24) is 4.98 Å². The van der Waals surface area contributed by atoms with Gasteiger partial charge < -0.3 is 19.2 Å². The van der Waals surface area contributed by atoms with Crippen LogP contribution < -0.4 is 0 Å². The molecule has 4 N–H and O–H groups in total. The summed E-state index contributed by atoms with van der Waals surface area (Å²) in [5, 5.41) is 0. The highest BCUT2D eigenvalue weighted by atomic mass is 28.4. The number of rotatable bonds is 1. The highest BCUT2D eigenvalue weighted by Crippen LogP contribution is 1.91. The van der Waals surface area contributed by atoms with E-state index in [2.05, 4.69) is 11.6 Å². The molecule has 5 nitrogen and oxygen atoms in total. The molecule has 0 fully saturated rings. The second-order valence-corrected chi connectivity index (χ2v) is 3.26. The van der Waals surface area contributed by atoms with E-state index in [0.29, 0.717) is 0 Å². The Kier molecular flexibility index (Phi) is 9.30. The minimum absolute atomic E-state index is 0. The lowest BCUT2D eigenvalue weighted by molar-refractivity contribution is 0.117. The third kappa shape index (κ3) is 14.2. The molecule has 1 aromatic heterocycles. The van der Waals surface area contributed by atoms with Gasteiger partial charge in [-0.25, -0.2) is 0 Å². The van der Waals surface area contributed by atoms with Crippen LogP contribution >= 0.6 is 0 Å². The maximum Gasteiger partial charge on any atom is 0.668 e. The Labute approximate surface area is 99.0 Å². The van der Waals surface area contributed by atoms with E-state index in [-0.39, 0.29) is 23.1 Å². The molecule has 0 spiro atoms. The molecule has 0 saturated carbocycles. The van der Waals surface area contributed by atoms with Crippen molar-refractivity contribution in [3.8, 4) is 0 Å². The predicted octanol–water partition coefficient (Wildman–Crippen LogP) is -1.80. The Morgan fingerprint density at radius 2 is 1.71 bits per heavy atom. The van der Waals surface area contributed by atoms with Crippen LogP contribution in [0.25, 0.3) is 6.08 Å². The molecule has 1 heterocycles. The van der Waals surface area contributed by atoms with Gasteiger partial charge in [-0.3, -0.25) is 4.98 Å². The summed E-state index contributed by atoms with van der Waals surface area (Å²) >= 11 is 0. The van der Waals surface area contributed by atoms with Crippen LogP contribution in [0.1, 0.15) is 5.69 Å². The first-order chi connectivity index (χ1) is 5.93. The second-order valence-electron chi connectivity index (χ2n) is 2.06. The van der Waals surface area contributed by atoms with Crippen molar-refractivity contribution in [2.75, 3.05) is 0 Å². The molecule has 0 aliphatic rings. The zero-order valence-electron chi connectivity index (χ0n) is 6.83. The van der Waals surface area contributed by atoms with Crippen molar-refractivity contribution < 1.29 is 19.2 Å². The van der Waals surface area contributed by atoms with Crippen LogP contribution in [0.5, 0.6) is 0 Å². The number of hydrogen-bond donors (Lipinski definition) is 4. The van der Waals surface area contributed by atoms with Gasteiger partial charge >= 0.3 is 32.1 Å². The summed E-state index contributed by atoms with van der Waals surface area (Å²) in [5.74, 6) is 0. The maximum absolute atomic E-state index is 7.33. The highest BCUT2D eigenvalue weighted by Gasteiger charge is 2.22. The fourth-order valence-electron chi connectivity index (χ4n) is 0.497. The van der Waals surface area contributed by atoms with Crippen LogP contribution in [-0.2, 0) is 0 Å². The summed E-state index contributed by atoms with van der Waals surface area (Å²) < 4.78 is 0. The summed E-state index contributed by atoms with van der Waals surface area (Å²) in [4.78, 5) is 33.3. The molecule has 0 radical (unpaired) electrons. The zero-order valence-corrected chi connectivity index (χ0v) is 7.83. The van der Waals surface area contributed by atoms with Crippen LogP contribution in [0.3, 0.4) is 0 Å². The summed E-state index contributed by atoms with van der Waals surface area (Å²) in [7, 11) is -4.61. The lowest BCUT2D eigenvalue weighted by atomic mass is 10.4. The van der Waals surface area contributed by atoms with E-state index in [4.69, 9.17) is 19.2 Å². The van der Waals surface area contributed by atoms with E-state index in [1.807, 2.05) is 18.2 Å². The second kappa shape index (κ2) is 8.06. The highest BCUT2D eigenvalue weighted by molar-refractivity contribution is 6.46. The number of pyridine rings is 1. The van der Waals surface area contributed by atoms with E-state index < -0.39 is 9.05 Å². The fraction of sp³-hybridized carbons (Fsp3) is 0. The molecule has 0 aliphatic heterocycles. The summed E-state index contributed by atoms with van der Waals surface area (Å²) in [6.07, 6.45) is 3.47. The average molecular weight is 228 g/mol. The molecule has 1 rings (SSSR count). The molecule has 0 saturated heterocycles. The Morgan fingerprint density at radius 3 is 1.93 bits per heavy atom. The summed E-state index contributed by atoms with van der Waals surface area (Å²) in [6, 6.07) is 5.73. The molecule has 0 bridgehead atoms. The molecule has 14 heavy (non-hydrogen) atoms. The van der Waals surface area contributed by atoms with Gasteiger partial charge in [-0.15, -0.1) is 0 Å². The Bertz CT molecular complexity index is 246. The third-order valence-electron chi connectivity index (χ3n) is 0.897. The quantitative estimate of drug-likeness (QED) is 0.425. The van der Waals surface area contributed by atoms with Gasteiger partial charge in [-0.1, -0.05) is 12.6 Å². The monoisotopic (exact) mass is 227 g/mol. The van der Waals surface area contributed by atoms with Crippen LogP contribution in [0.2, 0.25) is 0 Å². The van der Waals surface area contributed by atoms with Gasteiger partial charge in [0, 0.05) is 6.20 Å². The zero-order chi connectivity index (χ0) is 10.3. The molecule has 1 aromatic rings. The Hall–Kier alpha value is -0.287. The van der Waals surface area contributed by atoms with Crippen molar-refractivity contribution in [3.05, 3.63) is 36.7 Å². The largest absolute Gasteiger partial charge is 0.668 e. The first-order valence-corrected chi connectivity index (χ1v) is 5.15. The lowest BCUT2D eigenvalue weighted by Crippen LogP contribution is -2.33. The first-order valence-electron chi connectivity index (χ1n) is 3.36. The van der Waals surface area contributed by atoms with Crippen molar-refractivity contribution >= 4 is 38.2 Å². The Morgan fingerprint density at radius 1 is 1.21 bits per heavy atom. The molecule has 0 amide bonds. The topological polar surface area (TPSA) is 93.8 Å². The van der Waals surface area contributed by atoms with Crippen molar-refractivity contribution in [2.45, 2.75) is 0 Å². The molecular formula is C7H13MgNO4Si. The van der Waals surface area contributed by atoms with Gasteiger partial charge in [0.2, 0.25) is 0 Å². The van der Waals surface area contributed by atoms with E-state index in [1.54, 1.807) is 12.3 Å². The van der Waals surface area contributed by atoms with E-state index >= 15 is 0 Å². The van der Waals surface area contributed by atoms with Crippen LogP contribution in [-0.4, -0.2) is 56.3 Å². The van der Waals surface area contributed by atoms with Gasteiger partial charge in [-0.05, 0) is 18.2 Å². The third-order valence-corrected chi connectivity index (χ3v) is 0.897. The van der Waals surface area contributed by atoms with Crippen molar-refractivity contribution in [2.24, 2.45) is 0 Å². The van der Waals surface area contributed by atoms with Crippen LogP contribution in [0.4, 0.5) is 0 Å². The SMILES string of the molecule is C=Cc1ccccn1.O[Si](O)(O)O.[MgH2]. The van der Waals surface area contributed by atoms with E-state index in [0.717, 1.165) is 5.69 Å². The molecule has 0 aromatic carbocycles. The normalized spacial score (nSPS) is 9.14. The first kappa shape index (κ1) is 16.2. The molecule has 7 heteroatoms. The van der Waals surface area contributed by atoms with Gasteiger partial charge in [0.05, 0.1) is 5.69 Å². The van der Waals surface area contributed by atoms with Gasteiger partial charge in [0.1, 0.15) is 0 Å². The van der Waals surface area contributed by atoms with E-state index in [9.17, 15) is 0 Å². The van der Waals surface area contributed by atoms with Crippen LogP contribution in [0, 0.1) is 0 Å². The summed E-state index contributed by atoms with van der Waals surface area (Å²) in [6.45, 7) is 3.57. The predicted molar refractivity (Wildman–Crippen MR) is 57.5 cm³/mol. The number of aromatic nitrogens is 1. The number of hydrogen-bond acceptors (Lipinski definition) is 5. The van der Waals surface area contributed by atoms with Crippen LogP contribution in [0.15, 0.2) is 31.0 Å². The number of nitrogens with zero attached hydrogens (tertiary/aromatic N) is 1. The maximum atomic E-state index is 7.33. The van der Waals surface area contributed by atoms with Gasteiger partial charge in [0.25, 0.3) is 0 Å². The summed E-state index contributed by atoms with van der Waals surface area (Å²) in [5.41, 5.74) is 0.924. The minimum Gasteiger partial charge on any atom is -0.368 e. The van der Waals surface area contributed by atoms with Gasteiger partial charge in [-0.2, -0.15) is 0 Å². The fourth-order valence-corrected chi connectivity index (χ4v) is 0.497. The smallest absolute Gasteiger partial charge is 0.368 e. The molecular weight excluding hydrogens is 214 g/mol. The Balaban J connectivity index is 0. The lowest BCUT2D eigenvalue weighted by Gasteiger charge is -1.91. The van der Waals surface area contributed by atoms with Gasteiger partial charge in [0.15, 0.2) is 0 Å². The molecule has 0 unspecified atom stereocenters. The van der Waals surface area contributed by atoms with Crippen molar-refractivity contribution in [3.63, 3.8) is 0 Å². The molecule has 76 valence electrons. The van der Waals surface area contributed by atoms with E-state index in [1.165, 1.54) is 0 Å².